The molecular weight excluding hydrogens is 364 g/mol. The Morgan fingerprint density at radius 2 is 1.48 bits per heavy atom. The molecule has 0 aliphatic heterocycles. The van der Waals surface area contributed by atoms with E-state index in [1.807, 2.05) is 0 Å². The number of carbonyl (C=O) groups is 2. The number of esters is 1. The molecular formula is C25H34O4. The molecule has 4 nitrogen and oxygen atoms in total. The molecule has 0 fully saturated rings. The number of carboxylic acids is 1. The van der Waals surface area contributed by atoms with E-state index in [1.54, 1.807) is 12.1 Å². The normalized spacial score (nSPS) is 11.6. The third kappa shape index (κ3) is 12.5. The van der Waals surface area contributed by atoms with Crippen LogP contribution in [0.4, 0.5) is 0 Å². The molecule has 29 heavy (non-hydrogen) atoms. The average Bonchev–Trinajstić information content (AvgIpc) is 2.71. The second kappa shape index (κ2) is 16.3. The number of carboxylic acid groups (broad SMARTS) is 1. The second-order valence-corrected chi connectivity index (χ2v) is 6.88. The molecule has 0 heterocycles. The highest BCUT2D eigenvalue weighted by molar-refractivity contribution is 5.91. The molecule has 0 atom stereocenters. The van der Waals surface area contributed by atoms with Gasteiger partial charge in [-0.05, 0) is 50.7 Å². The van der Waals surface area contributed by atoms with E-state index in [-0.39, 0.29) is 17.3 Å². The fourth-order valence-corrected chi connectivity index (χ4v) is 2.79. The van der Waals surface area contributed by atoms with Gasteiger partial charge in [0.1, 0.15) is 11.3 Å². The predicted octanol–water partition coefficient (Wildman–Crippen LogP) is 6.88. The molecule has 0 spiro atoms. The molecule has 1 aromatic rings. The van der Waals surface area contributed by atoms with E-state index in [0.717, 1.165) is 57.8 Å². The van der Waals surface area contributed by atoms with Gasteiger partial charge in [0.15, 0.2) is 0 Å². The first kappa shape index (κ1) is 24.4. The number of unbranched alkanes of at least 4 members (excludes halogenated alkanes) is 5. The van der Waals surface area contributed by atoms with Crippen LogP contribution in [0.1, 0.15) is 81.5 Å². The summed E-state index contributed by atoms with van der Waals surface area (Å²) in [6, 6.07) is 6.21. The van der Waals surface area contributed by atoms with Gasteiger partial charge in [0.2, 0.25) is 0 Å². The van der Waals surface area contributed by atoms with Crippen LogP contribution in [0.5, 0.6) is 5.75 Å². The maximum absolute atomic E-state index is 11.9. The molecule has 0 radical (unpaired) electrons. The van der Waals surface area contributed by atoms with Gasteiger partial charge >= 0.3 is 11.9 Å². The lowest BCUT2D eigenvalue weighted by atomic mass is 10.1. The maximum Gasteiger partial charge on any atom is 0.339 e. The summed E-state index contributed by atoms with van der Waals surface area (Å²) in [7, 11) is 0. The highest BCUT2D eigenvalue weighted by atomic mass is 16.5. The molecule has 1 rings (SSSR count). The largest absolute Gasteiger partial charge is 0.478 e. The van der Waals surface area contributed by atoms with Crippen molar-refractivity contribution in [2.45, 2.75) is 71.1 Å². The number of allylic oxidation sites excluding steroid dienone is 6. The van der Waals surface area contributed by atoms with Crippen molar-refractivity contribution < 1.29 is 19.4 Å². The SMILES string of the molecule is CC/C=C\C/C=C\C/C=C\CCCCCCCC(=O)Oc1ccccc1C(=O)O. The molecule has 0 bridgehead atoms. The van der Waals surface area contributed by atoms with Crippen molar-refractivity contribution in [2.75, 3.05) is 0 Å². The number of para-hydroxylation sites is 1. The van der Waals surface area contributed by atoms with Crippen LogP contribution in [-0.2, 0) is 4.79 Å². The molecule has 0 aromatic heterocycles. The lowest BCUT2D eigenvalue weighted by Crippen LogP contribution is -2.10. The van der Waals surface area contributed by atoms with Crippen LogP contribution in [0.15, 0.2) is 60.7 Å². The summed E-state index contributed by atoms with van der Waals surface area (Å²) in [5.74, 6) is -1.36. The maximum atomic E-state index is 11.9. The molecule has 0 aliphatic carbocycles. The van der Waals surface area contributed by atoms with Crippen molar-refractivity contribution in [3.63, 3.8) is 0 Å². The summed E-state index contributed by atoms with van der Waals surface area (Å²) in [5, 5.41) is 9.09. The lowest BCUT2D eigenvalue weighted by molar-refractivity contribution is -0.134. The number of carbonyl (C=O) groups excluding carboxylic acids is 1. The first-order chi connectivity index (χ1) is 14.1. The molecule has 0 unspecified atom stereocenters. The zero-order valence-electron chi connectivity index (χ0n) is 17.5. The Bertz CT molecular complexity index is 686. The highest BCUT2D eigenvalue weighted by Crippen LogP contribution is 2.19. The van der Waals surface area contributed by atoms with Crippen molar-refractivity contribution >= 4 is 11.9 Å². The number of ether oxygens (including phenoxy) is 1. The third-order valence-electron chi connectivity index (χ3n) is 4.37. The minimum atomic E-state index is -1.09. The van der Waals surface area contributed by atoms with Crippen molar-refractivity contribution in [3.8, 4) is 5.75 Å². The van der Waals surface area contributed by atoms with Crippen LogP contribution in [0, 0.1) is 0 Å². The second-order valence-electron chi connectivity index (χ2n) is 6.88. The standard InChI is InChI=1S/C25H34O4/c1-2-3-4-5-6-7-8-9-10-11-12-13-14-15-16-21-24(26)29-23-20-18-17-19-22(23)25(27)28/h3-4,6-7,9-10,17-20H,2,5,8,11-16,21H2,1H3,(H,27,28)/b4-3-,7-6-,10-9-. The summed E-state index contributed by atoms with van der Waals surface area (Å²) < 4.78 is 5.19. The Labute approximate surface area is 175 Å². The van der Waals surface area contributed by atoms with Crippen molar-refractivity contribution in [3.05, 3.63) is 66.3 Å². The van der Waals surface area contributed by atoms with Crippen LogP contribution in [0.3, 0.4) is 0 Å². The monoisotopic (exact) mass is 398 g/mol. The van der Waals surface area contributed by atoms with Crippen molar-refractivity contribution in [1.29, 1.82) is 0 Å². The van der Waals surface area contributed by atoms with Gasteiger partial charge in [-0.25, -0.2) is 4.79 Å². The molecule has 0 amide bonds. The summed E-state index contributed by atoms with van der Waals surface area (Å²) >= 11 is 0. The molecule has 0 saturated carbocycles. The van der Waals surface area contributed by atoms with Crippen molar-refractivity contribution in [1.82, 2.24) is 0 Å². The first-order valence-corrected chi connectivity index (χ1v) is 10.6. The smallest absolute Gasteiger partial charge is 0.339 e. The third-order valence-corrected chi connectivity index (χ3v) is 4.37. The van der Waals surface area contributed by atoms with E-state index in [0.29, 0.717) is 6.42 Å². The minimum absolute atomic E-state index is 0.0118. The van der Waals surface area contributed by atoms with Gasteiger partial charge in [0, 0.05) is 6.42 Å². The van der Waals surface area contributed by atoms with E-state index in [9.17, 15) is 9.59 Å². The zero-order chi connectivity index (χ0) is 21.2. The van der Waals surface area contributed by atoms with Crippen LogP contribution < -0.4 is 4.74 Å². The van der Waals surface area contributed by atoms with Crippen LogP contribution in [-0.4, -0.2) is 17.0 Å². The van der Waals surface area contributed by atoms with E-state index in [2.05, 4.69) is 43.4 Å². The fraction of sp³-hybridized carbons (Fsp3) is 0.440. The Hall–Kier alpha value is -2.62. The van der Waals surface area contributed by atoms with Crippen LogP contribution in [0.25, 0.3) is 0 Å². The number of hydrogen-bond acceptors (Lipinski definition) is 3. The number of benzene rings is 1. The van der Waals surface area contributed by atoms with Gasteiger partial charge in [-0.1, -0.05) is 74.8 Å². The van der Waals surface area contributed by atoms with Gasteiger partial charge < -0.3 is 9.84 Å². The minimum Gasteiger partial charge on any atom is -0.478 e. The summed E-state index contributed by atoms with van der Waals surface area (Å²) in [5.41, 5.74) is 0.0118. The zero-order valence-corrected chi connectivity index (χ0v) is 17.5. The molecule has 0 aliphatic rings. The predicted molar refractivity (Wildman–Crippen MR) is 118 cm³/mol. The van der Waals surface area contributed by atoms with Gasteiger partial charge in [-0.15, -0.1) is 0 Å². The Morgan fingerprint density at radius 3 is 2.21 bits per heavy atom. The van der Waals surface area contributed by atoms with Gasteiger partial charge in [-0.3, -0.25) is 4.79 Å². The van der Waals surface area contributed by atoms with Crippen molar-refractivity contribution in [2.24, 2.45) is 0 Å². The topological polar surface area (TPSA) is 63.6 Å². The van der Waals surface area contributed by atoms with Gasteiger partial charge in [0.25, 0.3) is 0 Å². The summed E-state index contributed by atoms with van der Waals surface area (Å²) in [4.78, 5) is 23.0. The lowest BCUT2D eigenvalue weighted by Gasteiger charge is -2.07. The molecule has 1 N–H and O–H groups in total. The first-order valence-electron chi connectivity index (χ1n) is 10.6. The van der Waals surface area contributed by atoms with E-state index in [1.165, 1.54) is 12.1 Å². The van der Waals surface area contributed by atoms with Crippen LogP contribution in [0.2, 0.25) is 0 Å². The van der Waals surface area contributed by atoms with E-state index < -0.39 is 5.97 Å². The number of rotatable bonds is 15. The Kier molecular flexibility index (Phi) is 13.8. The Balaban J connectivity index is 2.03. The summed E-state index contributed by atoms with van der Waals surface area (Å²) in [6.45, 7) is 2.14. The highest BCUT2D eigenvalue weighted by Gasteiger charge is 2.13. The van der Waals surface area contributed by atoms with E-state index in [4.69, 9.17) is 9.84 Å². The molecule has 1 aromatic carbocycles. The number of aromatic carboxylic acids is 1. The molecule has 4 heteroatoms. The van der Waals surface area contributed by atoms with Crippen LogP contribution >= 0.6 is 0 Å². The Morgan fingerprint density at radius 1 is 0.862 bits per heavy atom. The average molecular weight is 399 g/mol. The quantitative estimate of drug-likeness (QED) is 0.151. The van der Waals surface area contributed by atoms with E-state index >= 15 is 0 Å². The van der Waals surface area contributed by atoms with Gasteiger partial charge in [-0.2, -0.15) is 0 Å². The van der Waals surface area contributed by atoms with Gasteiger partial charge in [0.05, 0.1) is 0 Å². The number of hydrogen-bond donors (Lipinski definition) is 1. The summed E-state index contributed by atoms with van der Waals surface area (Å²) in [6.07, 6.45) is 22.9. The molecule has 158 valence electrons. The molecule has 0 saturated heterocycles. The fourth-order valence-electron chi connectivity index (χ4n) is 2.79.